The lowest BCUT2D eigenvalue weighted by Gasteiger charge is -2.20. The zero-order chi connectivity index (χ0) is 12.8. The van der Waals surface area contributed by atoms with Crippen LogP contribution in [0, 0.1) is 23.1 Å². The summed E-state index contributed by atoms with van der Waals surface area (Å²) < 4.78 is 13.4. The van der Waals surface area contributed by atoms with Gasteiger partial charge in [0.15, 0.2) is 0 Å². The number of aliphatic hydroxyl groups excluding tert-OH is 1. The minimum absolute atomic E-state index is 0.0111. The SMILES string of the molecule is CC(C)C(CO)NCc1cc(C#N)ccc1F. The highest BCUT2D eigenvalue weighted by Crippen LogP contribution is 2.11. The second-order valence-corrected chi connectivity index (χ2v) is 4.33. The highest BCUT2D eigenvalue weighted by atomic mass is 19.1. The van der Waals surface area contributed by atoms with Crippen LogP contribution in [0.15, 0.2) is 18.2 Å². The molecule has 17 heavy (non-hydrogen) atoms. The topological polar surface area (TPSA) is 56.0 Å². The number of nitrogens with one attached hydrogen (secondary N) is 1. The monoisotopic (exact) mass is 236 g/mol. The van der Waals surface area contributed by atoms with Gasteiger partial charge < -0.3 is 10.4 Å². The van der Waals surface area contributed by atoms with Crippen LogP contribution in [0.4, 0.5) is 4.39 Å². The summed E-state index contributed by atoms with van der Waals surface area (Å²) in [5.41, 5.74) is 0.886. The van der Waals surface area contributed by atoms with Crippen molar-refractivity contribution in [1.82, 2.24) is 5.32 Å². The molecular formula is C13H17FN2O. The molecule has 4 heteroatoms. The van der Waals surface area contributed by atoms with E-state index in [4.69, 9.17) is 10.4 Å². The van der Waals surface area contributed by atoms with Gasteiger partial charge in [-0.3, -0.25) is 0 Å². The lowest BCUT2D eigenvalue weighted by atomic mass is 10.0. The van der Waals surface area contributed by atoms with E-state index in [-0.39, 0.29) is 24.4 Å². The maximum absolute atomic E-state index is 13.4. The van der Waals surface area contributed by atoms with Gasteiger partial charge in [0.05, 0.1) is 18.2 Å². The van der Waals surface area contributed by atoms with Gasteiger partial charge in [-0.1, -0.05) is 13.8 Å². The standard InChI is InChI=1S/C13H17FN2O/c1-9(2)13(8-17)16-7-11-5-10(6-15)3-4-12(11)14/h3-5,9,13,16-17H,7-8H2,1-2H3. The van der Waals surface area contributed by atoms with Crippen molar-refractivity contribution in [1.29, 1.82) is 5.26 Å². The molecule has 1 aromatic rings. The number of nitrogens with zero attached hydrogens (tertiary/aromatic N) is 1. The molecular weight excluding hydrogens is 219 g/mol. The van der Waals surface area contributed by atoms with E-state index in [1.54, 1.807) is 0 Å². The summed E-state index contributed by atoms with van der Waals surface area (Å²) in [7, 11) is 0. The Morgan fingerprint density at radius 1 is 1.47 bits per heavy atom. The zero-order valence-corrected chi connectivity index (χ0v) is 10.1. The van der Waals surface area contributed by atoms with Crippen molar-refractivity contribution in [3.05, 3.63) is 35.1 Å². The van der Waals surface area contributed by atoms with Crippen LogP contribution >= 0.6 is 0 Å². The smallest absolute Gasteiger partial charge is 0.127 e. The first-order valence-electron chi connectivity index (χ1n) is 5.61. The zero-order valence-electron chi connectivity index (χ0n) is 10.1. The molecule has 0 aliphatic heterocycles. The molecule has 0 aliphatic carbocycles. The summed E-state index contributed by atoms with van der Waals surface area (Å²) in [4.78, 5) is 0. The molecule has 3 nitrogen and oxygen atoms in total. The Kier molecular flexibility index (Phi) is 5.08. The highest BCUT2D eigenvalue weighted by Gasteiger charge is 2.12. The Bertz CT molecular complexity index is 412. The lowest BCUT2D eigenvalue weighted by Crippen LogP contribution is -2.36. The summed E-state index contributed by atoms with van der Waals surface area (Å²) in [6.45, 7) is 4.29. The molecule has 0 saturated carbocycles. The number of nitriles is 1. The predicted octanol–water partition coefficient (Wildman–Crippen LogP) is 1.80. The fraction of sp³-hybridized carbons (Fsp3) is 0.462. The molecule has 0 saturated heterocycles. The molecule has 0 spiro atoms. The van der Waals surface area contributed by atoms with Gasteiger partial charge in [0.25, 0.3) is 0 Å². The fourth-order valence-corrected chi connectivity index (χ4v) is 1.53. The van der Waals surface area contributed by atoms with Gasteiger partial charge in [0.2, 0.25) is 0 Å². The second kappa shape index (κ2) is 6.33. The Labute approximate surface area is 101 Å². The minimum Gasteiger partial charge on any atom is -0.395 e. The molecule has 0 heterocycles. The molecule has 0 radical (unpaired) electrons. The molecule has 2 N–H and O–H groups in total. The molecule has 0 aliphatic rings. The maximum Gasteiger partial charge on any atom is 0.127 e. The molecule has 0 fully saturated rings. The Balaban J connectivity index is 2.71. The average Bonchev–Trinajstić information content (AvgIpc) is 2.31. The van der Waals surface area contributed by atoms with Crippen molar-refractivity contribution < 1.29 is 9.50 Å². The van der Waals surface area contributed by atoms with Crippen LogP contribution in [0.5, 0.6) is 0 Å². The summed E-state index contributed by atoms with van der Waals surface area (Å²) in [5, 5.41) is 20.9. The van der Waals surface area contributed by atoms with Gasteiger partial charge in [-0.15, -0.1) is 0 Å². The van der Waals surface area contributed by atoms with Crippen molar-refractivity contribution in [2.24, 2.45) is 5.92 Å². The summed E-state index contributed by atoms with van der Waals surface area (Å²) in [6, 6.07) is 6.17. The van der Waals surface area contributed by atoms with Crippen LogP contribution in [0.1, 0.15) is 25.0 Å². The van der Waals surface area contributed by atoms with Crippen LogP contribution in [-0.4, -0.2) is 17.8 Å². The van der Waals surface area contributed by atoms with Gasteiger partial charge in [0.1, 0.15) is 5.82 Å². The van der Waals surface area contributed by atoms with Gasteiger partial charge in [-0.25, -0.2) is 4.39 Å². The van der Waals surface area contributed by atoms with Crippen LogP contribution in [-0.2, 0) is 6.54 Å². The predicted molar refractivity (Wildman–Crippen MR) is 63.7 cm³/mol. The summed E-state index contributed by atoms with van der Waals surface area (Å²) in [6.07, 6.45) is 0. The number of aliphatic hydroxyl groups is 1. The summed E-state index contributed by atoms with van der Waals surface area (Å²) in [5.74, 6) is -0.0702. The summed E-state index contributed by atoms with van der Waals surface area (Å²) >= 11 is 0. The molecule has 0 aromatic heterocycles. The third-order valence-electron chi connectivity index (χ3n) is 2.73. The van der Waals surface area contributed by atoms with Crippen molar-refractivity contribution in [3.63, 3.8) is 0 Å². The van der Waals surface area contributed by atoms with Gasteiger partial charge >= 0.3 is 0 Å². The number of halogens is 1. The highest BCUT2D eigenvalue weighted by molar-refractivity contribution is 5.33. The number of hydrogen-bond acceptors (Lipinski definition) is 3. The second-order valence-electron chi connectivity index (χ2n) is 4.33. The van der Waals surface area contributed by atoms with E-state index in [9.17, 15) is 4.39 Å². The molecule has 1 rings (SSSR count). The van der Waals surface area contributed by atoms with Crippen LogP contribution in [0.25, 0.3) is 0 Å². The van der Waals surface area contributed by atoms with E-state index in [0.717, 1.165) is 0 Å². The first kappa shape index (κ1) is 13.6. The van der Waals surface area contributed by atoms with Crippen molar-refractivity contribution >= 4 is 0 Å². The van der Waals surface area contributed by atoms with E-state index in [2.05, 4.69) is 5.32 Å². The third-order valence-corrected chi connectivity index (χ3v) is 2.73. The molecule has 1 aromatic carbocycles. The molecule has 1 atom stereocenters. The van der Waals surface area contributed by atoms with E-state index < -0.39 is 0 Å². The molecule has 0 amide bonds. The van der Waals surface area contributed by atoms with Crippen molar-refractivity contribution in [3.8, 4) is 6.07 Å². The largest absolute Gasteiger partial charge is 0.395 e. The minimum atomic E-state index is -0.336. The Hall–Kier alpha value is -1.44. The van der Waals surface area contributed by atoms with E-state index in [1.807, 2.05) is 19.9 Å². The fourth-order valence-electron chi connectivity index (χ4n) is 1.53. The molecule has 0 bridgehead atoms. The van der Waals surface area contributed by atoms with E-state index in [0.29, 0.717) is 17.7 Å². The Morgan fingerprint density at radius 2 is 2.18 bits per heavy atom. The number of rotatable bonds is 5. The van der Waals surface area contributed by atoms with E-state index in [1.165, 1.54) is 18.2 Å². The molecule has 1 unspecified atom stereocenters. The first-order chi connectivity index (χ1) is 8.08. The quantitative estimate of drug-likeness (QED) is 0.819. The third kappa shape index (κ3) is 3.81. The average molecular weight is 236 g/mol. The van der Waals surface area contributed by atoms with Crippen LogP contribution < -0.4 is 5.32 Å². The van der Waals surface area contributed by atoms with Crippen LogP contribution in [0.3, 0.4) is 0 Å². The first-order valence-corrected chi connectivity index (χ1v) is 5.61. The van der Waals surface area contributed by atoms with Gasteiger partial charge in [-0.05, 0) is 24.1 Å². The lowest BCUT2D eigenvalue weighted by molar-refractivity contribution is 0.209. The van der Waals surface area contributed by atoms with E-state index >= 15 is 0 Å². The van der Waals surface area contributed by atoms with Crippen LogP contribution in [0.2, 0.25) is 0 Å². The van der Waals surface area contributed by atoms with Gasteiger partial charge in [0, 0.05) is 18.2 Å². The maximum atomic E-state index is 13.4. The van der Waals surface area contributed by atoms with Crippen molar-refractivity contribution in [2.45, 2.75) is 26.4 Å². The number of benzene rings is 1. The number of hydrogen-bond donors (Lipinski definition) is 2. The Morgan fingerprint density at radius 3 is 2.71 bits per heavy atom. The molecule has 92 valence electrons. The van der Waals surface area contributed by atoms with Gasteiger partial charge in [-0.2, -0.15) is 5.26 Å². The normalized spacial score (nSPS) is 12.5. The van der Waals surface area contributed by atoms with Crippen molar-refractivity contribution in [2.75, 3.05) is 6.61 Å².